The molecule has 20 heavy (non-hydrogen) atoms. The molecule has 112 valence electrons. The fourth-order valence-electron chi connectivity index (χ4n) is 2.54. The van der Waals surface area contributed by atoms with Gasteiger partial charge < -0.3 is 19.5 Å². The van der Waals surface area contributed by atoms with Crippen LogP contribution >= 0.6 is 0 Å². The van der Waals surface area contributed by atoms with Gasteiger partial charge in [-0.15, -0.1) is 0 Å². The van der Waals surface area contributed by atoms with E-state index in [1.807, 2.05) is 6.07 Å². The van der Waals surface area contributed by atoms with E-state index in [0.717, 1.165) is 37.5 Å². The molecule has 0 spiro atoms. The van der Waals surface area contributed by atoms with Crippen LogP contribution < -0.4 is 10.1 Å². The highest BCUT2D eigenvalue weighted by molar-refractivity contribution is 5.38. The first-order chi connectivity index (χ1) is 9.74. The zero-order chi connectivity index (χ0) is 14.4. The van der Waals surface area contributed by atoms with Crippen LogP contribution in [0.5, 0.6) is 5.75 Å². The molecular formula is C16H25NO3. The molecule has 0 amide bonds. The van der Waals surface area contributed by atoms with Crippen molar-refractivity contribution in [3.63, 3.8) is 0 Å². The van der Waals surface area contributed by atoms with Crippen molar-refractivity contribution in [2.24, 2.45) is 5.92 Å². The zero-order valence-electron chi connectivity index (χ0n) is 12.6. The topological polar surface area (TPSA) is 39.7 Å². The third-order valence-corrected chi connectivity index (χ3v) is 3.84. The minimum absolute atomic E-state index is 0.317. The van der Waals surface area contributed by atoms with Crippen molar-refractivity contribution in [1.29, 1.82) is 0 Å². The van der Waals surface area contributed by atoms with Crippen molar-refractivity contribution in [1.82, 2.24) is 5.32 Å². The monoisotopic (exact) mass is 279 g/mol. The molecular weight excluding hydrogens is 254 g/mol. The summed E-state index contributed by atoms with van der Waals surface area (Å²) in [6.07, 6.45) is 1.16. The van der Waals surface area contributed by atoms with Crippen LogP contribution in [0.4, 0.5) is 0 Å². The average Bonchev–Trinajstić information content (AvgIpc) is 2.98. The van der Waals surface area contributed by atoms with Crippen LogP contribution in [0.2, 0.25) is 0 Å². The average molecular weight is 279 g/mol. The molecule has 0 bridgehead atoms. The summed E-state index contributed by atoms with van der Waals surface area (Å²) in [5, 5.41) is 3.59. The number of hydrogen-bond acceptors (Lipinski definition) is 4. The predicted octanol–water partition coefficient (Wildman–Crippen LogP) is 2.53. The molecule has 0 aromatic heterocycles. The Bertz CT molecular complexity index is 416. The van der Waals surface area contributed by atoms with Crippen LogP contribution in [0, 0.1) is 5.92 Å². The standard InChI is InChI=1S/C16H25NO3/c1-12(17-9-13-6-7-20-10-13)14-4-5-16(19-3)15(8-14)11-18-2/h4-5,8,12-13,17H,6-7,9-11H2,1-3H3. The lowest BCUT2D eigenvalue weighted by atomic mass is 10.0. The van der Waals surface area contributed by atoms with E-state index in [1.165, 1.54) is 5.56 Å². The van der Waals surface area contributed by atoms with Gasteiger partial charge in [0.2, 0.25) is 0 Å². The van der Waals surface area contributed by atoms with Crippen LogP contribution in [0.1, 0.15) is 30.5 Å². The van der Waals surface area contributed by atoms with E-state index in [2.05, 4.69) is 24.4 Å². The molecule has 2 rings (SSSR count). The van der Waals surface area contributed by atoms with Gasteiger partial charge in [-0.1, -0.05) is 6.07 Å². The van der Waals surface area contributed by atoms with Crippen LogP contribution in [0.3, 0.4) is 0 Å². The molecule has 0 saturated carbocycles. The Labute approximate surface area is 121 Å². The number of methoxy groups -OCH3 is 2. The van der Waals surface area contributed by atoms with E-state index in [9.17, 15) is 0 Å². The summed E-state index contributed by atoms with van der Waals surface area (Å²) < 4.78 is 16.0. The Kier molecular flexibility index (Phi) is 5.83. The van der Waals surface area contributed by atoms with E-state index in [0.29, 0.717) is 18.6 Å². The second-order valence-corrected chi connectivity index (χ2v) is 5.36. The minimum atomic E-state index is 0.317. The van der Waals surface area contributed by atoms with Crippen LogP contribution in [-0.4, -0.2) is 34.0 Å². The first-order valence-electron chi connectivity index (χ1n) is 7.21. The van der Waals surface area contributed by atoms with Gasteiger partial charge in [0, 0.05) is 31.9 Å². The van der Waals surface area contributed by atoms with Gasteiger partial charge in [0.1, 0.15) is 5.75 Å². The molecule has 1 aromatic carbocycles. The summed E-state index contributed by atoms with van der Waals surface area (Å²) >= 11 is 0. The largest absolute Gasteiger partial charge is 0.496 e. The number of rotatable bonds is 7. The smallest absolute Gasteiger partial charge is 0.124 e. The third-order valence-electron chi connectivity index (χ3n) is 3.84. The van der Waals surface area contributed by atoms with Gasteiger partial charge in [-0.05, 0) is 37.0 Å². The molecule has 4 heteroatoms. The van der Waals surface area contributed by atoms with Gasteiger partial charge in [0.15, 0.2) is 0 Å². The van der Waals surface area contributed by atoms with Crippen molar-refractivity contribution in [3.8, 4) is 5.75 Å². The lowest BCUT2D eigenvalue weighted by Crippen LogP contribution is -2.26. The Morgan fingerprint density at radius 1 is 1.40 bits per heavy atom. The maximum Gasteiger partial charge on any atom is 0.124 e. The number of ether oxygens (including phenoxy) is 3. The van der Waals surface area contributed by atoms with Crippen molar-refractivity contribution in [2.75, 3.05) is 34.0 Å². The highest BCUT2D eigenvalue weighted by atomic mass is 16.5. The van der Waals surface area contributed by atoms with Gasteiger partial charge in [0.25, 0.3) is 0 Å². The van der Waals surface area contributed by atoms with Gasteiger partial charge >= 0.3 is 0 Å². The molecule has 2 unspecified atom stereocenters. The predicted molar refractivity (Wildman–Crippen MR) is 79.1 cm³/mol. The first-order valence-corrected chi connectivity index (χ1v) is 7.21. The van der Waals surface area contributed by atoms with Gasteiger partial charge in [-0.25, -0.2) is 0 Å². The molecule has 1 aromatic rings. The second-order valence-electron chi connectivity index (χ2n) is 5.36. The quantitative estimate of drug-likeness (QED) is 0.832. The lowest BCUT2D eigenvalue weighted by Gasteiger charge is -2.18. The third kappa shape index (κ3) is 3.95. The molecule has 2 atom stereocenters. The maximum absolute atomic E-state index is 5.40. The van der Waals surface area contributed by atoms with Crippen molar-refractivity contribution in [2.45, 2.75) is 26.0 Å². The number of benzene rings is 1. The molecule has 4 nitrogen and oxygen atoms in total. The first kappa shape index (κ1) is 15.3. The number of nitrogens with one attached hydrogen (secondary N) is 1. The number of hydrogen-bond donors (Lipinski definition) is 1. The Morgan fingerprint density at radius 3 is 2.90 bits per heavy atom. The minimum Gasteiger partial charge on any atom is -0.496 e. The van der Waals surface area contributed by atoms with Crippen LogP contribution in [-0.2, 0) is 16.1 Å². The highest BCUT2D eigenvalue weighted by Crippen LogP contribution is 2.24. The van der Waals surface area contributed by atoms with E-state index >= 15 is 0 Å². The van der Waals surface area contributed by atoms with Crippen molar-refractivity contribution >= 4 is 0 Å². The Morgan fingerprint density at radius 2 is 2.25 bits per heavy atom. The molecule has 1 saturated heterocycles. The molecule has 0 aliphatic carbocycles. The Hall–Kier alpha value is -1.10. The molecule has 0 radical (unpaired) electrons. The van der Waals surface area contributed by atoms with Gasteiger partial charge in [-0.2, -0.15) is 0 Å². The summed E-state index contributed by atoms with van der Waals surface area (Å²) in [4.78, 5) is 0. The highest BCUT2D eigenvalue weighted by Gasteiger charge is 2.17. The summed E-state index contributed by atoms with van der Waals surface area (Å²) in [6.45, 7) is 5.56. The van der Waals surface area contributed by atoms with Crippen LogP contribution in [0.25, 0.3) is 0 Å². The molecule has 1 fully saturated rings. The fraction of sp³-hybridized carbons (Fsp3) is 0.625. The summed E-state index contributed by atoms with van der Waals surface area (Å²) in [6, 6.07) is 6.60. The van der Waals surface area contributed by atoms with E-state index in [1.54, 1.807) is 14.2 Å². The summed E-state index contributed by atoms with van der Waals surface area (Å²) in [7, 11) is 3.39. The molecule has 1 aliphatic rings. The van der Waals surface area contributed by atoms with Gasteiger partial charge in [0.05, 0.1) is 20.3 Å². The lowest BCUT2D eigenvalue weighted by molar-refractivity contribution is 0.181. The molecule has 1 aliphatic heterocycles. The summed E-state index contributed by atoms with van der Waals surface area (Å²) in [5.74, 6) is 1.53. The SMILES string of the molecule is COCc1cc(C(C)NCC2CCOC2)ccc1OC. The van der Waals surface area contributed by atoms with Crippen LogP contribution in [0.15, 0.2) is 18.2 Å². The van der Waals surface area contributed by atoms with Gasteiger partial charge in [-0.3, -0.25) is 0 Å². The fourth-order valence-corrected chi connectivity index (χ4v) is 2.54. The normalized spacial score (nSPS) is 20.1. The second kappa shape index (κ2) is 7.62. The van der Waals surface area contributed by atoms with E-state index < -0.39 is 0 Å². The van der Waals surface area contributed by atoms with Crippen molar-refractivity contribution < 1.29 is 14.2 Å². The van der Waals surface area contributed by atoms with Crippen molar-refractivity contribution in [3.05, 3.63) is 29.3 Å². The zero-order valence-corrected chi connectivity index (χ0v) is 12.6. The van der Waals surface area contributed by atoms with E-state index in [4.69, 9.17) is 14.2 Å². The summed E-state index contributed by atoms with van der Waals surface area (Å²) in [5.41, 5.74) is 2.35. The maximum atomic E-state index is 5.40. The molecule has 1 N–H and O–H groups in total. The van der Waals surface area contributed by atoms with E-state index in [-0.39, 0.29) is 0 Å². The molecule has 1 heterocycles. The Balaban J connectivity index is 1.97.